The van der Waals surface area contributed by atoms with Gasteiger partial charge in [-0.05, 0) is 37.0 Å². The van der Waals surface area contributed by atoms with Crippen LogP contribution in [0.1, 0.15) is 40.7 Å². The highest BCUT2D eigenvalue weighted by Crippen LogP contribution is 2.17. The zero-order valence-electron chi connectivity index (χ0n) is 15.6. The summed E-state index contributed by atoms with van der Waals surface area (Å²) in [5, 5.41) is 14.8. The summed E-state index contributed by atoms with van der Waals surface area (Å²) in [6.07, 6.45) is 4.22. The van der Waals surface area contributed by atoms with E-state index < -0.39 is 0 Å². The lowest BCUT2D eigenvalue weighted by Crippen LogP contribution is -2.40. The van der Waals surface area contributed by atoms with Crippen molar-refractivity contribution in [1.82, 2.24) is 9.91 Å². The number of benzene rings is 2. The van der Waals surface area contributed by atoms with Gasteiger partial charge in [0.2, 0.25) is 5.96 Å². The van der Waals surface area contributed by atoms with Crippen LogP contribution in [-0.4, -0.2) is 41.1 Å². The second kappa shape index (κ2) is 9.37. The molecule has 146 valence electrons. The predicted molar refractivity (Wildman–Crippen MR) is 113 cm³/mol. The highest BCUT2D eigenvalue weighted by Gasteiger charge is 2.19. The molecule has 0 bridgehead atoms. The fourth-order valence-corrected chi connectivity index (χ4v) is 3.43. The van der Waals surface area contributed by atoms with E-state index in [0.29, 0.717) is 17.1 Å². The fraction of sp³-hybridized carbons (Fsp3) is 0.286. The molecule has 0 spiro atoms. The fourth-order valence-electron chi connectivity index (χ4n) is 3.22. The van der Waals surface area contributed by atoms with Crippen LogP contribution in [0.2, 0.25) is 5.02 Å². The smallest absolute Gasteiger partial charge is 0.209 e. The number of nitrogens with two attached hydrogens (primary N) is 1. The topological polar surface area (TPSA) is 85.8 Å². The molecule has 1 aliphatic rings. The molecular weight excluding hydrogens is 374 g/mol. The molecule has 0 unspecified atom stereocenters. The van der Waals surface area contributed by atoms with Crippen molar-refractivity contribution in [3.05, 3.63) is 70.2 Å². The number of likely N-dealkylation sites (tertiary alicyclic amines) is 1. The Morgan fingerprint density at radius 1 is 1.18 bits per heavy atom. The molecule has 3 rings (SSSR count). The van der Waals surface area contributed by atoms with Crippen LogP contribution in [0.15, 0.2) is 53.6 Å². The summed E-state index contributed by atoms with van der Waals surface area (Å²) in [4.78, 5) is 13.2. The van der Waals surface area contributed by atoms with Crippen LogP contribution < -0.4 is 5.73 Å². The standard InChI is InChI=1S/C21H24ClN5O/c22-19-6-4-5-17(13-19)14-27(21(23)24)25-20(26-11-2-1-3-12-26)18-9-7-16(15-28)8-10-18/h4-10,13,15H,1-3,11-12,14H2,(H3,23,24). The van der Waals surface area contributed by atoms with E-state index in [1.807, 2.05) is 30.3 Å². The Bertz CT molecular complexity index is 859. The molecule has 0 amide bonds. The summed E-state index contributed by atoms with van der Waals surface area (Å²) >= 11 is 6.08. The molecule has 0 aliphatic carbocycles. The third kappa shape index (κ3) is 5.10. The summed E-state index contributed by atoms with van der Waals surface area (Å²) < 4.78 is 0. The van der Waals surface area contributed by atoms with E-state index in [9.17, 15) is 4.79 Å². The number of hydrogen-bond acceptors (Lipinski definition) is 3. The first-order valence-corrected chi connectivity index (χ1v) is 9.70. The van der Waals surface area contributed by atoms with Gasteiger partial charge < -0.3 is 10.6 Å². The lowest BCUT2D eigenvalue weighted by molar-refractivity contribution is 0.112. The van der Waals surface area contributed by atoms with Crippen molar-refractivity contribution in [3.8, 4) is 0 Å². The molecule has 1 saturated heterocycles. The van der Waals surface area contributed by atoms with Gasteiger partial charge in [0.1, 0.15) is 6.29 Å². The van der Waals surface area contributed by atoms with E-state index in [1.54, 1.807) is 18.2 Å². The minimum Gasteiger partial charge on any atom is -0.369 e. The zero-order valence-corrected chi connectivity index (χ0v) is 16.4. The summed E-state index contributed by atoms with van der Waals surface area (Å²) in [6, 6.07) is 14.8. The maximum absolute atomic E-state index is 11.0. The molecule has 1 fully saturated rings. The molecule has 3 N–H and O–H groups in total. The second-order valence-electron chi connectivity index (χ2n) is 6.78. The summed E-state index contributed by atoms with van der Waals surface area (Å²) in [6.45, 7) is 2.15. The van der Waals surface area contributed by atoms with Gasteiger partial charge in [0.15, 0.2) is 5.84 Å². The first-order chi connectivity index (χ1) is 13.6. The number of guanidine groups is 1. The number of nitrogens with zero attached hydrogens (tertiary/aromatic N) is 3. The SMILES string of the molecule is N=C(N)N(Cc1cccc(Cl)c1)N=C(c1ccc(C=O)cc1)N1CCCCC1. The van der Waals surface area contributed by atoms with E-state index in [2.05, 4.69) is 4.90 Å². The van der Waals surface area contributed by atoms with Gasteiger partial charge in [-0.25, -0.2) is 5.01 Å². The van der Waals surface area contributed by atoms with Gasteiger partial charge in [0, 0.05) is 29.2 Å². The van der Waals surface area contributed by atoms with Crippen molar-refractivity contribution in [1.29, 1.82) is 5.41 Å². The van der Waals surface area contributed by atoms with Crippen LogP contribution in [0.4, 0.5) is 0 Å². The van der Waals surface area contributed by atoms with E-state index in [0.717, 1.165) is 49.2 Å². The Morgan fingerprint density at radius 2 is 1.89 bits per heavy atom. The van der Waals surface area contributed by atoms with E-state index in [1.165, 1.54) is 11.4 Å². The van der Waals surface area contributed by atoms with Gasteiger partial charge in [0.05, 0.1) is 6.54 Å². The maximum atomic E-state index is 11.0. The molecular formula is C21H24ClN5O. The first-order valence-electron chi connectivity index (χ1n) is 9.32. The average Bonchev–Trinajstić information content (AvgIpc) is 2.72. The van der Waals surface area contributed by atoms with Crippen molar-refractivity contribution in [2.24, 2.45) is 10.8 Å². The number of carbonyl (C=O) groups excluding carboxylic acids is 1. The van der Waals surface area contributed by atoms with Crippen LogP contribution in [0.25, 0.3) is 0 Å². The van der Waals surface area contributed by atoms with Crippen molar-refractivity contribution in [3.63, 3.8) is 0 Å². The Balaban J connectivity index is 1.95. The molecule has 1 aliphatic heterocycles. The number of aldehydes is 1. The van der Waals surface area contributed by atoms with Gasteiger partial charge in [-0.2, -0.15) is 5.10 Å². The van der Waals surface area contributed by atoms with Crippen LogP contribution in [-0.2, 0) is 6.54 Å². The van der Waals surface area contributed by atoms with Crippen LogP contribution in [0.3, 0.4) is 0 Å². The van der Waals surface area contributed by atoms with Gasteiger partial charge >= 0.3 is 0 Å². The lowest BCUT2D eigenvalue weighted by atomic mass is 10.1. The number of hydrazone groups is 1. The van der Waals surface area contributed by atoms with Crippen molar-refractivity contribution in [2.45, 2.75) is 25.8 Å². The molecule has 0 saturated carbocycles. The largest absolute Gasteiger partial charge is 0.369 e. The number of amidine groups is 1. The van der Waals surface area contributed by atoms with Crippen LogP contribution in [0.5, 0.6) is 0 Å². The normalized spacial score (nSPS) is 14.6. The Labute approximate surface area is 170 Å². The molecule has 0 atom stereocenters. The molecule has 6 nitrogen and oxygen atoms in total. The molecule has 7 heteroatoms. The monoisotopic (exact) mass is 397 g/mol. The molecule has 0 radical (unpaired) electrons. The number of rotatable bonds is 5. The van der Waals surface area contributed by atoms with Crippen molar-refractivity contribution in [2.75, 3.05) is 13.1 Å². The molecule has 1 heterocycles. The summed E-state index contributed by atoms with van der Waals surface area (Å²) in [5.74, 6) is 0.619. The number of nitrogens with one attached hydrogen (secondary N) is 1. The van der Waals surface area contributed by atoms with Crippen LogP contribution in [0, 0.1) is 5.41 Å². The number of piperidine rings is 1. The third-order valence-electron chi connectivity index (χ3n) is 4.68. The molecule has 0 aromatic heterocycles. The van der Waals surface area contributed by atoms with E-state index >= 15 is 0 Å². The maximum Gasteiger partial charge on any atom is 0.209 e. The second-order valence-corrected chi connectivity index (χ2v) is 7.22. The molecule has 2 aromatic rings. The van der Waals surface area contributed by atoms with Crippen LogP contribution >= 0.6 is 11.6 Å². The van der Waals surface area contributed by atoms with Crippen molar-refractivity contribution < 1.29 is 4.79 Å². The number of carbonyl (C=O) groups is 1. The first kappa shape index (κ1) is 19.9. The molecule has 28 heavy (non-hydrogen) atoms. The minimum atomic E-state index is -0.140. The average molecular weight is 398 g/mol. The third-order valence-corrected chi connectivity index (χ3v) is 4.91. The number of hydrogen-bond donors (Lipinski definition) is 2. The zero-order chi connectivity index (χ0) is 19.9. The van der Waals surface area contributed by atoms with Gasteiger partial charge in [-0.1, -0.05) is 48.0 Å². The lowest BCUT2D eigenvalue weighted by Gasteiger charge is -2.31. The minimum absolute atomic E-state index is 0.140. The van der Waals surface area contributed by atoms with Gasteiger partial charge in [-0.3, -0.25) is 10.2 Å². The highest BCUT2D eigenvalue weighted by molar-refractivity contribution is 6.30. The van der Waals surface area contributed by atoms with Gasteiger partial charge in [0.25, 0.3) is 0 Å². The summed E-state index contributed by atoms with van der Waals surface area (Å²) in [7, 11) is 0. The predicted octanol–water partition coefficient (Wildman–Crippen LogP) is 3.70. The highest BCUT2D eigenvalue weighted by atomic mass is 35.5. The van der Waals surface area contributed by atoms with Gasteiger partial charge in [-0.15, -0.1) is 0 Å². The number of halogens is 1. The Hall–Kier alpha value is -2.86. The Morgan fingerprint density at radius 3 is 2.50 bits per heavy atom. The van der Waals surface area contributed by atoms with Crippen molar-refractivity contribution >= 4 is 29.7 Å². The van der Waals surface area contributed by atoms with E-state index in [4.69, 9.17) is 27.8 Å². The van der Waals surface area contributed by atoms with E-state index in [-0.39, 0.29) is 5.96 Å². The Kier molecular flexibility index (Phi) is 6.66. The summed E-state index contributed by atoms with van der Waals surface area (Å²) in [5.41, 5.74) is 8.25. The molecule has 2 aromatic carbocycles. The quantitative estimate of drug-likeness (QED) is 0.348.